The minimum Gasteiger partial charge on any atom is -0.490 e. The van der Waals surface area contributed by atoms with Crippen LogP contribution in [0, 0.1) is 0 Å². The Morgan fingerprint density at radius 1 is 1.03 bits per heavy atom. The molecule has 2 aromatic rings. The molecular weight excluding hydrogens is 420 g/mol. The number of hydrogen-bond acceptors (Lipinski definition) is 5. The number of hydrogen-bond donors (Lipinski definition) is 0. The second-order valence-electron chi connectivity index (χ2n) is 9.01. The first-order chi connectivity index (χ1) is 16.0. The third kappa shape index (κ3) is 6.13. The summed E-state index contributed by atoms with van der Waals surface area (Å²) in [5, 5.41) is 4.17. The molecule has 0 N–H and O–H groups in total. The van der Waals surface area contributed by atoms with Gasteiger partial charge < -0.3 is 19.3 Å². The Labute approximate surface area is 195 Å². The van der Waals surface area contributed by atoms with Crippen molar-refractivity contribution in [3.05, 3.63) is 48.3 Å². The molecule has 2 saturated heterocycles. The average molecular weight is 455 g/mol. The van der Waals surface area contributed by atoms with Crippen molar-refractivity contribution in [1.29, 1.82) is 0 Å². The van der Waals surface area contributed by atoms with Crippen LogP contribution in [0.1, 0.15) is 37.8 Å². The summed E-state index contributed by atoms with van der Waals surface area (Å²) in [6.45, 7) is 3.08. The molecule has 33 heavy (non-hydrogen) atoms. The molecule has 3 heterocycles. The molecule has 0 bridgehead atoms. The van der Waals surface area contributed by atoms with Gasteiger partial charge in [0.05, 0.1) is 19.6 Å². The second kappa shape index (κ2) is 10.8. The van der Waals surface area contributed by atoms with Gasteiger partial charge in [0.2, 0.25) is 11.8 Å². The number of morpholine rings is 1. The lowest BCUT2D eigenvalue weighted by Crippen LogP contribution is -2.58. The lowest BCUT2D eigenvalue weighted by molar-refractivity contribution is -0.166. The molecule has 0 saturated carbocycles. The summed E-state index contributed by atoms with van der Waals surface area (Å²) in [6.07, 6.45) is 6.24. The minimum atomic E-state index is -0.856. The Morgan fingerprint density at radius 3 is 2.55 bits per heavy atom. The number of aryl methyl sites for hydroxylation is 2. The van der Waals surface area contributed by atoms with E-state index >= 15 is 0 Å². The fourth-order valence-electron chi connectivity index (χ4n) is 4.60. The Kier molecular flexibility index (Phi) is 7.65. The van der Waals surface area contributed by atoms with Gasteiger partial charge >= 0.3 is 0 Å². The van der Waals surface area contributed by atoms with Crippen LogP contribution in [0.25, 0.3) is 0 Å². The fourth-order valence-corrected chi connectivity index (χ4v) is 4.60. The summed E-state index contributed by atoms with van der Waals surface area (Å²) >= 11 is 0. The molecule has 0 radical (unpaired) electrons. The van der Waals surface area contributed by atoms with Crippen molar-refractivity contribution >= 4 is 11.8 Å². The van der Waals surface area contributed by atoms with Crippen LogP contribution in [0.15, 0.2) is 42.6 Å². The molecule has 8 heteroatoms. The van der Waals surface area contributed by atoms with E-state index in [2.05, 4.69) is 5.10 Å². The summed E-state index contributed by atoms with van der Waals surface area (Å²) in [5.74, 6) is 0.870. The van der Waals surface area contributed by atoms with Crippen LogP contribution < -0.4 is 4.74 Å². The van der Waals surface area contributed by atoms with Gasteiger partial charge in [0.25, 0.3) is 0 Å². The smallest absolute Gasteiger partial charge is 0.225 e. The summed E-state index contributed by atoms with van der Waals surface area (Å²) in [7, 11) is 1.88. The normalized spacial score (nSPS) is 21.1. The van der Waals surface area contributed by atoms with Crippen molar-refractivity contribution in [2.24, 2.45) is 7.05 Å². The standard InChI is InChI=1S/C25H34N4O4/c1-27-21(12-13-26-27)10-11-23(30)29-16-17-33-25(19-29,20-32-22-8-4-2-5-9-22)18-24(31)28-14-6-3-7-15-28/h2,4-5,8-9,12-13H,3,6-7,10-11,14-20H2,1H3/t25-/m1/s1. The molecule has 2 aliphatic rings. The van der Waals surface area contributed by atoms with Gasteiger partial charge in [-0.3, -0.25) is 14.3 Å². The number of ether oxygens (including phenoxy) is 2. The van der Waals surface area contributed by atoms with Crippen molar-refractivity contribution in [3.63, 3.8) is 0 Å². The first kappa shape index (κ1) is 23.3. The van der Waals surface area contributed by atoms with Gasteiger partial charge in [0, 0.05) is 45.0 Å². The van der Waals surface area contributed by atoms with E-state index in [-0.39, 0.29) is 24.8 Å². The highest BCUT2D eigenvalue weighted by molar-refractivity contribution is 5.79. The molecule has 0 unspecified atom stereocenters. The summed E-state index contributed by atoms with van der Waals surface area (Å²) < 4.78 is 14.1. The van der Waals surface area contributed by atoms with Crippen molar-refractivity contribution in [3.8, 4) is 5.75 Å². The number of piperidine rings is 1. The number of amides is 2. The van der Waals surface area contributed by atoms with Gasteiger partial charge in [-0.1, -0.05) is 18.2 Å². The zero-order chi connectivity index (χ0) is 23.1. The molecule has 1 aromatic heterocycles. The van der Waals surface area contributed by atoms with Crippen LogP contribution in [0.2, 0.25) is 0 Å². The topological polar surface area (TPSA) is 76.9 Å². The number of carbonyl (C=O) groups is 2. The number of rotatable bonds is 8. The summed E-state index contributed by atoms with van der Waals surface area (Å²) in [6, 6.07) is 11.5. The van der Waals surface area contributed by atoms with E-state index in [0.717, 1.165) is 37.4 Å². The quantitative estimate of drug-likeness (QED) is 0.612. The molecule has 178 valence electrons. The van der Waals surface area contributed by atoms with Crippen molar-refractivity contribution < 1.29 is 19.1 Å². The van der Waals surface area contributed by atoms with Crippen LogP contribution >= 0.6 is 0 Å². The molecular formula is C25H34N4O4. The van der Waals surface area contributed by atoms with Gasteiger partial charge in [-0.15, -0.1) is 0 Å². The van der Waals surface area contributed by atoms with Gasteiger partial charge in [-0.05, 0) is 43.9 Å². The molecule has 1 aromatic carbocycles. The monoisotopic (exact) mass is 454 g/mol. The molecule has 1 atom stereocenters. The van der Waals surface area contributed by atoms with E-state index in [1.54, 1.807) is 10.9 Å². The van der Waals surface area contributed by atoms with Crippen molar-refractivity contribution in [2.45, 2.75) is 44.1 Å². The van der Waals surface area contributed by atoms with Gasteiger partial charge in [0.15, 0.2) is 0 Å². The maximum Gasteiger partial charge on any atom is 0.225 e. The Hall–Kier alpha value is -2.87. The molecule has 8 nitrogen and oxygen atoms in total. The zero-order valence-corrected chi connectivity index (χ0v) is 19.4. The highest BCUT2D eigenvalue weighted by atomic mass is 16.5. The van der Waals surface area contributed by atoms with Crippen LogP contribution in [0.3, 0.4) is 0 Å². The van der Waals surface area contributed by atoms with E-state index in [0.29, 0.717) is 32.5 Å². The van der Waals surface area contributed by atoms with E-state index in [4.69, 9.17) is 9.47 Å². The van der Waals surface area contributed by atoms with Crippen LogP contribution in [0.4, 0.5) is 0 Å². The minimum absolute atomic E-state index is 0.0639. The Balaban J connectivity index is 1.44. The molecule has 2 amide bonds. The number of para-hydroxylation sites is 1. The van der Waals surface area contributed by atoms with Gasteiger partial charge in [-0.2, -0.15) is 5.10 Å². The second-order valence-corrected chi connectivity index (χ2v) is 9.01. The van der Waals surface area contributed by atoms with E-state index in [9.17, 15) is 9.59 Å². The summed E-state index contributed by atoms with van der Waals surface area (Å²) in [4.78, 5) is 30.0. The summed E-state index contributed by atoms with van der Waals surface area (Å²) in [5.41, 5.74) is 0.167. The number of benzene rings is 1. The van der Waals surface area contributed by atoms with E-state index in [1.165, 1.54) is 6.42 Å². The maximum atomic E-state index is 13.2. The molecule has 2 aliphatic heterocycles. The SMILES string of the molecule is Cn1nccc1CCC(=O)N1CCO[C@](COc2ccccc2)(CC(=O)N2CCCCC2)C1. The number of aromatic nitrogens is 2. The largest absolute Gasteiger partial charge is 0.490 e. The highest BCUT2D eigenvalue weighted by Crippen LogP contribution is 2.27. The van der Waals surface area contributed by atoms with Crippen molar-refractivity contribution in [1.82, 2.24) is 19.6 Å². The first-order valence-electron chi connectivity index (χ1n) is 11.9. The lowest BCUT2D eigenvalue weighted by atomic mass is 9.95. The van der Waals surface area contributed by atoms with Gasteiger partial charge in [0.1, 0.15) is 18.0 Å². The lowest BCUT2D eigenvalue weighted by Gasteiger charge is -2.43. The van der Waals surface area contributed by atoms with Gasteiger partial charge in [-0.25, -0.2) is 0 Å². The van der Waals surface area contributed by atoms with E-state index < -0.39 is 5.60 Å². The molecule has 4 rings (SSSR count). The molecule has 0 aliphatic carbocycles. The van der Waals surface area contributed by atoms with Crippen LogP contribution in [-0.4, -0.2) is 76.4 Å². The first-order valence-corrected chi connectivity index (χ1v) is 11.9. The number of nitrogens with zero attached hydrogens (tertiary/aromatic N) is 4. The predicted molar refractivity (Wildman–Crippen MR) is 124 cm³/mol. The fraction of sp³-hybridized carbons (Fsp3) is 0.560. The number of carbonyl (C=O) groups excluding carboxylic acids is 2. The zero-order valence-electron chi connectivity index (χ0n) is 19.4. The van der Waals surface area contributed by atoms with E-state index in [1.807, 2.05) is 53.2 Å². The number of likely N-dealkylation sites (tertiary alicyclic amines) is 1. The highest BCUT2D eigenvalue weighted by Gasteiger charge is 2.42. The molecule has 2 fully saturated rings. The third-order valence-corrected chi connectivity index (χ3v) is 6.55. The molecule has 0 spiro atoms. The average Bonchev–Trinajstić information content (AvgIpc) is 3.27. The van der Waals surface area contributed by atoms with Crippen LogP contribution in [0.5, 0.6) is 5.75 Å². The Bertz CT molecular complexity index is 925. The third-order valence-electron chi connectivity index (χ3n) is 6.55. The van der Waals surface area contributed by atoms with Crippen LogP contribution in [-0.2, 0) is 27.8 Å². The predicted octanol–water partition coefficient (Wildman–Crippen LogP) is 2.43. The Morgan fingerprint density at radius 2 is 1.82 bits per heavy atom. The van der Waals surface area contributed by atoms with Crippen molar-refractivity contribution in [2.75, 3.05) is 39.4 Å². The maximum absolute atomic E-state index is 13.2.